The zero-order valence-corrected chi connectivity index (χ0v) is 14.1. The average Bonchev–Trinajstić information content (AvgIpc) is 2.56. The number of pyridine rings is 1. The number of hydrogen-bond donors (Lipinski definition) is 3. The van der Waals surface area contributed by atoms with E-state index in [-0.39, 0.29) is 16.9 Å². The Morgan fingerprint density at radius 1 is 1.16 bits per heavy atom. The van der Waals surface area contributed by atoms with Crippen molar-refractivity contribution in [2.24, 2.45) is 0 Å². The fraction of sp³-hybridized carbons (Fsp3) is 0.0526. The van der Waals surface area contributed by atoms with Crippen molar-refractivity contribution in [1.82, 2.24) is 4.98 Å². The molecule has 0 spiro atoms. The van der Waals surface area contributed by atoms with Gasteiger partial charge in [-0.2, -0.15) is 0 Å². The molecule has 0 aliphatic rings. The van der Waals surface area contributed by atoms with E-state index < -0.39 is 5.91 Å². The molecule has 0 aliphatic heterocycles. The summed E-state index contributed by atoms with van der Waals surface area (Å²) in [5.74, 6) is -0.718. The number of aromatic nitrogens is 1. The molecule has 6 heteroatoms. The molecule has 0 aliphatic carbocycles. The van der Waals surface area contributed by atoms with E-state index in [1.807, 2.05) is 31.2 Å². The Labute approximate surface area is 148 Å². The van der Waals surface area contributed by atoms with E-state index in [9.17, 15) is 14.7 Å². The molecule has 1 heterocycles. The summed E-state index contributed by atoms with van der Waals surface area (Å²) < 4.78 is 0. The summed E-state index contributed by atoms with van der Waals surface area (Å²) in [5, 5.41) is 12.8. The topological polar surface area (TPSA) is 82.2 Å². The minimum Gasteiger partial charge on any atom is -0.507 e. The second-order valence-corrected chi connectivity index (χ2v) is 6.05. The number of aryl methyl sites for hydroxylation is 1. The predicted molar refractivity (Wildman–Crippen MR) is 98.3 cm³/mol. The maximum Gasteiger partial charge on any atom is 0.259 e. The third kappa shape index (κ3) is 3.72. The Morgan fingerprint density at radius 2 is 1.96 bits per heavy atom. The van der Waals surface area contributed by atoms with E-state index in [1.54, 1.807) is 6.07 Å². The number of halogens is 1. The third-order valence-corrected chi connectivity index (χ3v) is 3.93. The van der Waals surface area contributed by atoms with Gasteiger partial charge in [0.25, 0.3) is 11.5 Å². The van der Waals surface area contributed by atoms with Crippen LogP contribution in [0.1, 0.15) is 15.9 Å². The van der Waals surface area contributed by atoms with Crippen LogP contribution < -0.4 is 10.9 Å². The van der Waals surface area contributed by atoms with Crippen LogP contribution in [0.3, 0.4) is 0 Å². The first-order chi connectivity index (χ1) is 11.9. The Morgan fingerprint density at radius 3 is 2.68 bits per heavy atom. The van der Waals surface area contributed by atoms with Gasteiger partial charge in [-0.3, -0.25) is 9.59 Å². The number of rotatable bonds is 3. The number of aromatic hydroxyl groups is 1. The summed E-state index contributed by atoms with van der Waals surface area (Å²) in [6.45, 7) is 1.94. The van der Waals surface area contributed by atoms with Gasteiger partial charge in [0, 0.05) is 16.8 Å². The molecule has 1 amide bonds. The van der Waals surface area contributed by atoms with Crippen molar-refractivity contribution in [1.29, 1.82) is 0 Å². The van der Waals surface area contributed by atoms with Gasteiger partial charge in [0.05, 0.1) is 11.3 Å². The highest BCUT2D eigenvalue weighted by Crippen LogP contribution is 2.24. The number of nitrogens with one attached hydrogen (secondary N) is 2. The van der Waals surface area contributed by atoms with Crippen LogP contribution in [0.2, 0.25) is 5.02 Å². The van der Waals surface area contributed by atoms with Crippen molar-refractivity contribution in [2.45, 2.75) is 6.92 Å². The lowest BCUT2D eigenvalue weighted by Crippen LogP contribution is -2.15. The van der Waals surface area contributed by atoms with Crippen molar-refractivity contribution in [3.63, 3.8) is 0 Å². The number of anilines is 1. The van der Waals surface area contributed by atoms with Gasteiger partial charge in [-0.15, -0.1) is 0 Å². The molecule has 3 rings (SSSR count). The van der Waals surface area contributed by atoms with E-state index in [4.69, 9.17) is 11.6 Å². The molecule has 0 saturated heterocycles. The Kier molecular flexibility index (Phi) is 4.59. The highest BCUT2D eigenvalue weighted by molar-refractivity contribution is 6.31. The van der Waals surface area contributed by atoms with E-state index >= 15 is 0 Å². The number of carbonyl (C=O) groups is 1. The van der Waals surface area contributed by atoms with Gasteiger partial charge in [0.15, 0.2) is 0 Å². The van der Waals surface area contributed by atoms with Gasteiger partial charge >= 0.3 is 0 Å². The molecule has 3 N–H and O–H groups in total. The zero-order valence-electron chi connectivity index (χ0n) is 13.3. The normalized spacial score (nSPS) is 10.5. The van der Waals surface area contributed by atoms with Gasteiger partial charge in [-0.25, -0.2) is 0 Å². The number of phenolic OH excluding ortho intramolecular Hbond substituents is 1. The van der Waals surface area contributed by atoms with Gasteiger partial charge in [-0.1, -0.05) is 41.4 Å². The van der Waals surface area contributed by atoms with E-state index in [1.165, 1.54) is 24.4 Å². The molecule has 0 unspecified atom stereocenters. The standard InChI is InChI=1S/C19H15ClN2O3/c1-11-3-2-4-12(7-11)16-9-14(10-21-18(16)24)22-19(25)15-6-5-13(20)8-17(15)23/h2-10,23H,1H3,(H,21,24)(H,22,25). The molecule has 2 aromatic carbocycles. The van der Waals surface area contributed by atoms with Crippen LogP contribution in [0.4, 0.5) is 5.69 Å². The van der Waals surface area contributed by atoms with E-state index in [0.717, 1.165) is 11.1 Å². The first kappa shape index (κ1) is 16.8. The molecule has 0 radical (unpaired) electrons. The minimum absolute atomic E-state index is 0.0905. The van der Waals surface area contributed by atoms with Crippen LogP contribution in [0.25, 0.3) is 11.1 Å². The van der Waals surface area contributed by atoms with Crippen LogP contribution in [0, 0.1) is 6.92 Å². The van der Waals surface area contributed by atoms with Crippen molar-refractivity contribution in [3.05, 3.63) is 81.2 Å². The van der Waals surface area contributed by atoms with Gasteiger partial charge in [0.2, 0.25) is 0 Å². The molecular weight excluding hydrogens is 340 g/mol. The lowest BCUT2D eigenvalue weighted by molar-refractivity contribution is 0.102. The van der Waals surface area contributed by atoms with Crippen molar-refractivity contribution in [3.8, 4) is 16.9 Å². The molecule has 25 heavy (non-hydrogen) atoms. The SMILES string of the molecule is Cc1cccc(-c2cc(NC(=O)c3ccc(Cl)cc3O)c[nH]c2=O)c1. The second-order valence-electron chi connectivity index (χ2n) is 5.62. The van der Waals surface area contributed by atoms with Crippen molar-refractivity contribution >= 4 is 23.2 Å². The smallest absolute Gasteiger partial charge is 0.259 e. The Hall–Kier alpha value is -3.05. The van der Waals surface area contributed by atoms with Crippen LogP contribution >= 0.6 is 11.6 Å². The van der Waals surface area contributed by atoms with Gasteiger partial charge in [0.1, 0.15) is 5.75 Å². The molecule has 0 bridgehead atoms. The number of hydrogen-bond acceptors (Lipinski definition) is 3. The average molecular weight is 355 g/mol. The Bertz CT molecular complexity index is 1010. The van der Waals surface area contributed by atoms with Crippen LogP contribution in [-0.4, -0.2) is 16.0 Å². The van der Waals surface area contributed by atoms with E-state index in [2.05, 4.69) is 10.3 Å². The molecule has 0 atom stereocenters. The Balaban J connectivity index is 1.92. The second kappa shape index (κ2) is 6.83. The summed E-state index contributed by atoms with van der Waals surface area (Å²) >= 11 is 5.77. The first-order valence-corrected chi connectivity index (χ1v) is 7.91. The van der Waals surface area contributed by atoms with Gasteiger partial charge < -0.3 is 15.4 Å². The number of phenols is 1. The summed E-state index contributed by atoms with van der Waals surface area (Å²) in [4.78, 5) is 27.0. The largest absolute Gasteiger partial charge is 0.507 e. The van der Waals surface area contributed by atoms with Gasteiger partial charge in [-0.05, 0) is 36.8 Å². The van der Waals surface area contributed by atoms with Crippen LogP contribution in [0.5, 0.6) is 5.75 Å². The number of aromatic amines is 1. The van der Waals surface area contributed by atoms with E-state index in [0.29, 0.717) is 16.3 Å². The molecule has 3 aromatic rings. The lowest BCUT2D eigenvalue weighted by atomic mass is 10.0. The first-order valence-electron chi connectivity index (χ1n) is 7.53. The lowest BCUT2D eigenvalue weighted by Gasteiger charge is -2.09. The summed E-state index contributed by atoms with van der Waals surface area (Å²) in [6.07, 6.45) is 1.41. The number of benzene rings is 2. The van der Waals surface area contributed by atoms with Crippen molar-refractivity contribution in [2.75, 3.05) is 5.32 Å². The summed E-state index contributed by atoms with van der Waals surface area (Å²) in [7, 11) is 0. The highest BCUT2D eigenvalue weighted by Gasteiger charge is 2.13. The van der Waals surface area contributed by atoms with Crippen molar-refractivity contribution < 1.29 is 9.90 Å². The number of amides is 1. The van der Waals surface area contributed by atoms with Crippen LogP contribution in [-0.2, 0) is 0 Å². The summed E-state index contributed by atoms with van der Waals surface area (Å²) in [6, 6.07) is 13.4. The van der Waals surface area contributed by atoms with Crippen LogP contribution in [0.15, 0.2) is 59.5 Å². The molecule has 0 saturated carbocycles. The fourth-order valence-corrected chi connectivity index (χ4v) is 2.64. The third-order valence-electron chi connectivity index (χ3n) is 3.69. The summed E-state index contributed by atoms with van der Waals surface area (Å²) in [5.41, 5.74) is 2.48. The monoisotopic (exact) mass is 354 g/mol. The molecule has 126 valence electrons. The predicted octanol–water partition coefficient (Wildman–Crippen LogP) is 3.96. The molecule has 0 fully saturated rings. The maximum absolute atomic E-state index is 12.3. The zero-order chi connectivity index (χ0) is 18.0. The maximum atomic E-state index is 12.3. The number of carbonyl (C=O) groups excluding carboxylic acids is 1. The number of H-pyrrole nitrogens is 1. The minimum atomic E-state index is -0.503. The quantitative estimate of drug-likeness (QED) is 0.665. The molecular formula is C19H15ClN2O3. The molecule has 5 nitrogen and oxygen atoms in total. The highest BCUT2D eigenvalue weighted by atomic mass is 35.5. The fourth-order valence-electron chi connectivity index (χ4n) is 2.48. The molecule has 1 aromatic heterocycles.